The van der Waals surface area contributed by atoms with Crippen molar-refractivity contribution in [1.29, 1.82) is 0 Å². The Balaban J connectivity index is 1.67. The number of benzene rings is 2. The third kappa shape index (κ3) is 4.74. The number of piperazine rings is 1. The Hall–Kier alpha value is -2.22. The molecule has 0 radical (unpaired) electrons. The molecule has 3 rings (SSSR count). The summed E-state index contributed by atoms with van der Waals surface area (Å²) in [5, 5.41) is 2.64. The highest BCUT2D eigenvalue weighted by Gasteiger charge is 2.32. The van der Waals surface area contributed by atoms with E-state index in [1.807, 2.05) is 18.2 Å². The van der Waals surface area contributed by atoms with Crippen molar-refractivity contribution >= 4 is 21.6 Å². The van der Waals surface area contributed by atoms with Crippen molar-refractivity contribution in [3.8, 4) is 0 Å². The SMILES string of the molecule is CC(=O)Nc1ccc(S(=O)(=O)N2CCN(Cc3ccccc3)C(C)C2)cc1. The molecule has 1 N–H and O–H groups in total. The maximum atomic E-state index is 13.0. The van der Waals surface area contributed by atoms with Gasteiger partial charge in [0.1, 0.15) is 0 Å². The molecule has 1 aliphatic heterocycles. The maximum Gasteiger partial charge on any atom is 0.243 e. The van der Waals surface area contributed by atoms with E-state index in [1.165, 1.54) is 12.5 Å². The van der Waals surface area contributed by atoms with E-state index in [2.05, 4.69) is 29.3 Å². The first kappa shape index (κ1) is 19.5. The largest absolute Gasteiger partial charge is 0.326 e. The monoisotopic (exact) mass is 387 g/mol. The van der Waals surface area contributed by atoms with E-state index in [9.17, 15) is 13.2 Å². The van der Waals surface area contributed by atoms with Crippen LogP contribution in [0.25, 0.3) is 0 Å². The molecule has 0 aromatic heterocycles. The molecule has 144 valence electrons. The van der Waals surface area contributed by atoms with E-state index >= 15 is 0 Å². The molecule has 1 unspecified atom stereocenters. The van der Waals surface area contributed by atoms with E-state index in [-0.39, 0.29) is 16.8 Å². The van der Waals surface area contributed by atoms with Gasteiger partial charge in [0.2, 0.25) is 15.9 Å². The number of nitrogens with zero attached hydrogens (tertiary/aromatic N) is 2. The van der Waals surface area contributed by atoms with Crippen LogP contribution in [-0.2, 0) is 21.4 Å². The Morgan fingerprint density at radius 2 is 1.74 bits per heavy atom. The van der Waals surface area contributed by atoms with Crippen molar-refractivity contribution < 1.29 is 13.2 Å². The predicted molar refractivity (Wildman–Crippen MR) is 106 cm³/mol. The van der Waals surface area contributed by atoms with Crippen molar-refractivity contribution in [3.05, 3.63) is 60.2 Å². The summed E-state index contributed by atoms with van der Waals surface area (Å²) in [6, 6.07) is 16.7. The Kier molecular flexibility index (Phi) is 5.94. The van der Waals surface area contributed by atoms with Gasteiger partial charge in [-0.3, -0.25) is 9.69 Å². The van der Waals surface area contributed by atoms with Crippen LogP contribution in [0.2, 0.25) is 0 Å². The van der Waals surface area contributed by atoms with Gasteiger partial charge in [-0.1, -0.05) is 30.3 Å². The molecule has 0 saturated carbocycles. The second kappa shape index (κ2) is 8.21. The van der Waals surface area contributed by atoms with Crippen molar-refractivity contribution in [3.63, 3.8) is 0 Å². The molecule has 2 aromatic rings. The summed E-state index contributed by atoms with van der Waals surface area (Å²) in [6.45, 7) is 5.92. The minimum atomic E-state index is -3.54. The summed E-state index contributed by atoms with van der Waals surface area (Å²) in [5.74, 6) is -0.186. The van der Waals surface area contributed by atoms with E-state index < -0.39 is 10.0 Å². The zero-order valence-electron chi connectivity index (χ0n) is 15.6. The third-order valence-corrected chi connectivity index (χ3v) is 6.65. The molecule has 1 atom stereocenters. The van der Waals surface area contributed by atoms with E-state index in [1.54, 1.807) is 28.6 Å². The molecule has 0 spiro atoms. The minimum Gasteiger partial charge on any atom is -0.326 e. The number of hydrogen-bond acceptors (Lipinski definition) is 4. The second-order valence-electron chi connectivity index (χ2n) is 6.87. The molecule has 6 nitrogen and oxygen atoms in total. The topological polar surface area (TPSA) is 69.7 Å². The fourth-order valence-corrected chi connectivity index (χ4v) is 4.81. The Bertz CT molecular complexity index is 882. The molecule has 7 heteroatoms. The lowest BCUT2D eigenvalue weighted by Crippen LogP contribution is -2.53. The lowest BCUT2D eigenvalue weighted by Gasteiger charge is -2.39. The van der Waals surface area contributed by atoms with Gasteiger partial charge in [0, 0.05) is 44.8 Å². The zero-order chi connectivity index (χ0) is 19.4. The lowest BCUT2D eigenvalue weighted by molar-refractivity contribution is -0.114. The van der Waals surface area contributed by atoms with Crippen LogP contribution in [0, 0.1) is 0 Å². The first-order valence-corrected chi connectivity index (χ1v) is 10.5. The van der Waals surface area contributed by atoms with Gasteiger partial charge in [-0.05, 0) is 36.8 Å². The quantitative estimate of drug-likeness (QED) is 0.856. The molecule has 0 aliphatic carbocycles. The predicted octanol–water partition coefficient (Wildman–Crippen LogP) is 2.54. The standard InChI is InChI=1S/C20H25N3O3S/c1-16-14-23(13-12-22(16)15-18-6-4-3-5-7-18)27(25,26)20-10-8-19(9-11-20)21-17(2)24/h3-11,16H,12-15H2,1-2H3,(H,21,24). The Morgan fingerprint density at radius 3 is 2.33 bits per heavy atom. The number of anilines is 1. The Labute approximate surface area is 160 Å². The number of carbonyl (C=O) groups excluding carboxylic acids is 1. The van der Waals surface area contributed by atoms with E-state index in [4.69, 9.17) is 0 Å². The molecule has 1 heterocycles. The third-order valence-electron chi connectivity index (χ3n) is 4.77. The summed E-state index contributed by atoms with van der Waals surface area (Å²) >= 11 is 0. The lowest BCUT2D eigenvalue weighted by atomic mass is 10.1. The summed E-state index contributed by atoms with van der Waals surface area (Å²) in [5.41, 5.74) is 1.82. The normalized spacial score (nSPS) is 19.0. The maximum absolute atomic E-state index is 13.0. The van der Waals surface area contributed by atoms with Crippen LogP contribution in [0.5, 0.6) is 0 Å². The number of carbonyl (C=O) groups is 1. The average molecular weight is 388 g/mol. The molecule has 1 aliphatic rings. The number of amides is 1. The highest BCUT2D eigenvalue weighted by Crippen LogP contribution is 2.22. The molecule has 0 bridgehead atoms. The van der Waals surface area contributed by atoms with Gasteiger partial charge in [0.25, 0.3) is 0 Å². The summed E-state index contributed by atoms with van der Waals surface area (Å²) < 4.78 is 27.5. The van der Waals surface area contributed by atoms with Gasteiger partial charge in [-0.25, -0.2) is 8.42 Å². The minimum absolute atomic E-state index is 0.132. The summed E-state index contributed by atoms with van der Waals surface area (Å²) in [7, 11) is -3.54. The van der Waals surface area contributed by atoms with Crippen LogP contribution in [0.4, 0.5) is 5.69 Å². The van der Waals surface area contributed by atoms with Gasteiger partial charge in [0.05, 0.1) is 4.90 Å². The summed E-state index contributed by atoms with van der Waals surface area (Å²) in [6.07, 6.45) is 0. The molecule has 2 aromatic carbocycles. The first-order chi connectivity index (χ1) is 12.9. The highest BCUT2D eigenvalue weighted by atomic mass is 32.2. The van der Waals surface area contributed by atoms with E-state index in [0.29, 0.717) is 25.3 Å². The molecule has 1 fully saturated rings. The van der Waals surface area contributed by atoms with Gasteiger partial charge >= 0.3 is 0 Å². The van der Waals surface area contributed by atoms with Crippen LogP contribution in [-0.4, -0.2) is 49.2 Å². The van der Waals surface area contributed by atoms with Gasteiger partial charge < -0.3 is 5.32 Å². The van der Waals surface area contributed by atoms with Crippen molar-refractivity contribution in [2.75, 3.05) is 25.0 Å². The van der Waals surface area contributed by atoms with Crippen LogP contribution in [0.15, 0.2) is 59.5 Å². The first-order valence-electron chi connectivity index (χ1n) is 9.02. The number of hydrogen-bond donors (Lipinski definition) is 1. The van der Waals surface area contributed by atoms with Crippen molar-refractivity contribution in [2.24, 2.45) is 0 Å². The molecular formula is C20H25N3O3S. The number of rotatable bonds is 5. The number of nitrogens with one attached hydrogen (secondary N) is 1. The molecule has 1 amide bonds. The fraction of sp³-hybridized carbons (Fsp3) is 0.350. The molecule has 27 heavy (non-hydrogen) atoms. The highest BCUT2D eigenvalue weighted by molar-refractivity contribution is 7.89. The van der Waals surface area contributed by atoms with Crippen LogP contribution >= 0.6 is 0 Å². The molecular weight excluding hydrogens is 362 g/mol. The van der Waals surface area contributed by atoms with Crippen LogP contribution in [0.3, 0.4) is 0 Å². The van der Waals surface area contributed by atoms with Gasteiger partial charge in [-0.15, -0.1) is 0 Å². The van der Waals surface area contributed by atoms with Crippen molar-refractivity contribution in [2.45, 2.75) is 31.3 Å². The number of sulfonamides is 1. The van der Waals surface area contributed by atoms with Crippen LogP contribution < -0.4 is 5.32 Å². The fourth-order valence-electron chi connectivity index (χ4n) is 3.30. The zero-order valence-corrected chi connectivity index (χ0v) is 16.4. The van der Waals surface area contributed by atoms with Crippen molar-refractivity contribution in [1.82, 2.24) is 9.21 Å². The van der Waals surface area contributed by atoms with E-state index in [0.717, 1.165) is 6.54 Å². The van der Waals surface area contributed by atoms with Gasteiger partial charge in [0.15, 0.2) is 0 Å². The van der Waals surface area contributed by atoms with Gasteiger partial charge in [-0.2, -0.15) is 4.31 Å². The molecule has 1 saturated heterocycles. The second-order valence-corrected chi connectivity index (χ2v) is 8.81. The smallest absolute Gasteiger partial charge is 0.243 e. The van der Waals surface area contributed by atoms with Crippen LogP contribution in [0.1, 0.15) is 19.4 Å². The average Bonchev–Trinajstić information content (AvgIpc) is 2.64. The Morgan fingerprint density at radius 1 is 1.07 bits per heavy atom. The summed E-state index contributed by atoms with van der Waals surface area (Å²) in [4.78, 5) is 13.7.